The molecule has 0 unspecified atom stereocenters. The van der Waals surface area contributed by atoms with Crippen molar-refractivity contribution in [3.8, 4) is 17.2 Å². The van der Waals surface area contributed by atoms with Gasteiger partial charge in [-0.3, -0.25) is 4.79 Å². The SMILES string of the molecule is COc1cc(NC(=O)CCCNS(=O)(=O)c2ccc(F)cc2)cc(OC)c1OC. The van der Waals surface area contributed by atoms with Crippen molar-refractivity contribution >= 4 is 21.6 Å². The van der Waals surface area contributed by atoms with Crippen LogP contribution in [0.4, 0.5) is 10.1 Å². The molecule has 2 aromatic carbocycles. The molecule has 0 atom stereocenters. The summed E-state index contributed by atoms with van der Waals surface area (Å²) in [6, 6.07) is 7.68. The Kier molecular flexibility index (Phi) is 7.80. The maximum absolute atomic E-state index is 12.9. The van der Waals surface area contributed by atoms with E-state index in [0.29, 0.717) is 22.9 Å². The third-order valence-corrected chi connectivity index (χ3v) is 5.42. The molecule has 0 saturated heterocycles. The number of carbonyl (C=O) groups excluding carboxylic acids is 1. The molecule has 10 heteroatoms. The number of rotatable bonds is 10. The Morgan fingerprint density at radius 3 is 2.10 bits per heavy atom. The van der Waals surface area contributed by atoms with Gasteiger partial charge in [0, 0.05) is 30.8 Å². The van der Waals surface area contributed by atoms with Crippen molar-refractivity contribution in [2.75, 3.05) is 33.2 Å². The topological polar surface area (TPSA) is 103 Å². The van der Waals surface area contributed by atoms with E-state index in [1.54, 1.807) is 12.1 Å². The number of benzene rings is 2. The lowest BCUT2D eigenvalue weighted by Crippen LogP contribution is -2.25. The van der Waals surface area contributed by atoms with Crippen molar-refractivity contribution in [1.82, 2.24) is 4.72 Å². The molecule has 0 spiro atoms. The molecule has 0 aliphatic rings. The maximum Gasteiger partial charge on any atom is 0.240 e. The zero-order valence-corrected chi connectivity index (χ0v) is 17.1. The summed E-state index contributed by atoms with van der Waals surface area (Å²) < 4.78 is 55.2. The lowest BCUT2D eigenvalue weighted by molar-refractivity contribution is -0.116. The second kappa shape index (κ2) is 10.1. The smallest absolute Gasteiger partial charge is 0.240 e. The standard InChI is InChI=1S/C19H23FN2O6S/c1-26-16-11-14(12-17(27-2)19(16)28-3)22-18(23)5-4-10-21-29(24,25)15-8-6-13(20)7-9-15/h6-9,11-12,21H,4-5,10H2,1-3H3,(H,22,23). The van der Waals surface area contributed by atoms with Crippen molar-refractivity contribution < 1.29 is 31.8 Å². The molecule has 0 aliphatic heterocycles. The predicted octanol–water partition coefficient (Wildman–Crippen LogP) is 2.55. The number of ether oxygens (including phenoxy) is 3. The molecule has 29 heavy (non-hydrogen) atoms. The number of anilines is 1. The highest BCUT2D eigenvalue weighted by atomic mass is 32.2. The van der Waals surface area contributed by atoms with E-state index in [1.807, 2.05) is 0 Å². The van der Waals surface area contributed by atoms with Gasteiger partial charge in [-0.1, -0.05) is 0 Å². The van der Waals surface area contributed by atoms with Crippen LogP contribution in [0.2, 0.25) is 0 Å². The monoisotopic (exact) mass is 426 g/mol. The Bertz CT molecular complexity index is 923. The number of amides is 1. The van der Waals surface area contributed by atoms with Gasteiger partial charge in [0.05, 0.1) is 26.2 Å². The van der Waals surface area contributed by atoms with Crippen molar-refractivity contribution in [3.63, 3.8) is 0 Å². The van der Waals surface area contributed by atoms with E-state index >= 15 is 0 Å². The molecule has 0 aliphatic carbocycles. The van der Waals surface area contributed by atoms with Gasteiger partial charge in [0.1, 0.15) is 5.82 Å². The van der Waals surface area contributed by atoms with Crippen LogP contribution in [0.1, 0.15) is 12.8 Å². The molecule has 0 fully saturated rings. The lowest BCUT2D eigenvalue weighted by atomic mass is 10.2. The Labute approximate surface area is 169 Å². The van der Waals surface area contributed by atoms with E-state index in [-0.39, 0.29) is 30.2 Å². The third kappa shape index (κ3) is 6.06. The summed E-state index contributed by atoms with van der Waals surface area (Å²) in [5, 5.41) is 2.70. The lowest BCUT2D eigenvalue weighted by Gasteiger charge is -2.14. The molecule has 0 saturated carbocycles. The predicted molar refractivity (Wildman–Crippen MR) is 106 cm³/mol. The molecule has 2 rings (SSSR count). The number of halogens is 1. The van der Waals surface area contributed by atoms with E-state index < -0.39 is 15.8 Å². The first-order chi connectivity index (χ1) is 13.8. The van der Waals surface area contributed by atoms with Crippen LogP contribution in [0.3, 0.4) is 0 Å². The van der Waals surface area contributed by atoms with Crippen LogP contribution in [-0.2, 0) is 14.8 Å². The van der Waals surface area contributed by atoms with Gasteiger partial charge in [-0.25, -0.2) is 17.5 Å². The Balaban J connectivity index is 1.89. The number of methoxy groups -OCH3 is 3. The van der Waals surface area contributed by atoms with Crippen molar-refractivity contribution in [2.45, 2.75) is 17.7 Å². The van der Waals surface area contributed by atoms with Crippen molar-refractivity contribution in [2.24, 2.45) is 0 Å². The second-order valence-corrected chi connectivity index (χ2v) is 7.68. The number of hydrogen-bond acceptors (Lipinski definition) is 6. The minimum Gasteiger partial charge on any atom is -0.493 e. The highest BCUT2D eigenvalue weighted by Crippen LogP contribution is 2.39. The van der Waals surface area contributed by atoms with Gasteiger partial charge < -0.3 is 19.5 Å². The fourth-order valence-corrected chi connectivity index (χ4v) is 3.60. The summed E-state index contributed by atoms with van der Waals surface area (Å²) in [5.41, 5.74) is 0.455. The molecule has 0 bridgehead atoms. The molecule has 2 N–H and O–H groups in total. The van der Waals surface area contributed by atoms with Crippen molar-refractivity contribution in [3.05, 3.63) is 42.2 Å². The number of hydrogen-bond donors (Lipinski definition) is 2. The summed E-state index contributed by atoms with van der Waals surface area (Å²) >= 11 is 0. The average molecular weight is 426 g/mol. The van der Waals surface area contributed by atoms with E-state index in [1.165, 1.54) is 33.5 Å². The van der Waals surface area contributed by atoms with Crippen LogP contribution in [0.25, 0.3) is 0 Å². The first-order valence-electron chi connectivity index (χ1n) is 8.65. The van der Waals surface area contributed by atoms with Gasteiger partial charge in [0.15, 0.2) is 11.5 Å². The summed E-state index contributed by atoms with van der Waals surface area (Å²) in [6.07, 6.45) is 0.360. The fraction of sp³-hybridized carbons (Fsp3) is 0.316. The van der Waals surface area contributed by atoms with Crippen LogP contribution in [0.15, 0.2) is 41.3 Å². The zero-order chi connectivity index (χ0) is 21.4. The molecular weight excluding hydrogens is 403 g/mol. The average Bonchev–Trinajstić information content (AvgIpc) is 2.70. The van der Waals surface area contributed by atoms with Crippen LogP contribution < -0.4 is 24.2 Å². The molecule has 0 aromatic heterocycles. The van der Waals surface area contributed by atoms with Gasteiger partial charge in [0.25, 0.3) is 0 Å². The Morgan fingerprint density at radius 1 is 1.00 bits per heavy atom. The molecule has 1 amide bonds. The minimum absolute atomic E-state index is 0.0409. The summed E-state index contributed by atoms with van der Waals surface area (Å²) in [4.78, 5) is 12.1. The molecular formula is C19H23FN2O6S. The molecule has 2 aromatic rings. The van der Waals surface area contributed by atoms with Crippen LogP contribution in [0, 0.1) is 5.82 Å². The highest BCUT2D eigenvalue weighted by Gasteiger charge is 2.16. The van der Waals surface area contributed by atoms with E-state index in [2.05, 4.69) is 10.0 Å². The van der Waals surface area contributed by atoms with E-state index in [4.69, 9.17) is 14.2 Å². The summed E-state index contributed by atoms with van der Waals surface area (Å²) in [5.74, 6) is 0.374. The number of sulfonamides is 1. The highest BCUT2D eigenvalue weighted by molar-refractivity contribution is 7.89. The molecule has 8 nitrogen and oxygen atoms in total. The van der Waals surface area contributed by atoms with Gasteiger partial charge in [0.2, 0.25) is 21.7 Å². The van der Waals surface area contributed by atoms with E-state index in [0.717, 1.165) is 12.1 Å². The van der Waals surface area contributed by atoms with Crippen LogP contribution >= 0.6 is 0 Å². The van der Waals surface area contributed by atoms with Gasteiger partial charge >= 0.3 is 0 Å². The molecule has 0 heterocycles. The fourth-order valence-electron chi connectivity index (χ4n) is 2.53. The van der Waals surface area contributed by atoms with E-state index in [9.17, 15) is 17.6 Å². The van der Waals surface area contributed by atoms with Gasteiger partial charge in [-0.05, 0) is 30.7 Å². The Hall–Kier alpha value is -2.85. The maximum atomic E-state index is 12.9. The molecule has 158 valence electrons. The first-order valence-corrected chi connectivity index (χ1v) is 10.1. The number of carbonyl (C=O) groups is 1. The molecule has 0 radical (unpaired) electrons. The summed E-state index contributed by atoms with van der Waals surface area (Å²) in [7, 11) is 0.660. The minimum atomic E-state index is -3.75. The van der Waals surface area contributed by atoms with Gasteiger partial charge in [-0.2, -0.15) is 0 Å². The zero-order valence-electron chi connectivity index (χ0n) is 16.3. The largest absolute Gasteiger partial charge is 0.493 e. The van der Waals surface area contributed by atoms with Crippen molar-refractivity contribution in [1.29, 1.82) is 0 Å². The summed E-state index contributed by atoms with van der Waals surface area (Å²) in [6.45, 7) is 0.0579. The second-order valence-electron chi connectivity index (χ2n) is 5.92. The third-order valence-electron chi connectivity index (χ3n) is 3.95. The number of nitrogens with one attached hydrogen (secondary N) is 2. The van der Waals surface area contributed by atoms with Gasteiger partial charge in [-0.15, -0.1) is 0 Å². The van der Waals surface area contributed by atoms with Crippen LogP contribution in [0.5, 0.6) is 17.2 Å². The first kappa shape index (κ1) is 22.4. The Morgan fingerprint density at radius 2 is 1.59 bits per heavy atom. The van der Waals surface area contributed by atoms with Crippen LogP contribution in [-0.4, -0.2) is 42.2 Å². The normalized spacial score (nSPS) is 11.0. The quantitative estimate of drug-likeness (QED) is 0.566.